The third-order valence-corrected chi connectivity index (χ3v) is 5.87. The Morgan fingerprint density at radius 2 is 1.64 bits per heavy atom. The van der Waals surface area contributed by atoms with E-state index in [0.29, 0.717) is 17.9 Å². The van der Waals surface area contributed by atoms with Crippen LogP contribution in [0.25, 0.3) is 0 Å². The summed E-state index contributed by atoms with van der Waals surface area (Å²) in [6, 6.07) is 17.4. The van der Waals surface area contributed by atoms with E-state index in [9.17, 15) is 9.59 Å². The number of hydrogen-bond donors (Lipinski definition) is 2. The van der Waals surface area contributed by atoms with Crippen molar-refractivity contribution < 1.29 is 24.1 Å². The fourth-order valence-corrected chi connectivity index (χ4v) is 4.29. The van der Waals surface area contributed by atoms with Gasteiger partial charge < -0.3 is 14.5 Å². The smallest absolute Gasteiger partial charge is 0.292 e. The van der Waals surface area contributed by atoms with Crippen LogP contribution in [0, 0.1) is 0 Å². The number of amides is 2. The van der Waals surface area contributed by atoms with Crippen molar-refractivity contribution >= 4 is 17.5 Å². The fourth-order valence-electron chi connectivity index (χ4n) is 4.29. The molecule has 0 aromatic heterocycles. The standard InChI is InChI=1S/C22H25N3O3/c1-28-19-9-7-18(8-10-19)25-21(26)15-20(22(25)27)24-13-11-23(12-14-24)16-17-5-3-2-4-6-17/h2-10,20H,11-16H2,1H3/p+2. The number of ether oxygens (including phenoxy) is 1. The molecule has 2 saturated heterocycles. The largest absolute Gasteiger partial charge is 0.497 e. The highest BCUT2D eigenvalue weighted by molar-refractivity contribution is 6.21. The first-order valence-corrected chi connectivity index (χ1v) is 9.88. The van der Waals surface area contributed by atoms with E-state index in [1.807, 2.05) is 6.07 Å². The summed E-state index contributed by atoms with van der Waals surface area (Å²) in [5, 5.41) is 0. The Bertz CT molecular complexity index is 830. The van der Waals surface area contributed by atoms with Crippen LogP contribution in [0.1, 0.15) is 12.0 Å². The van der Waals surface area contributed by atoms with Crippen LogP contribution in [0.2, 0.25) is 0 Å². The zero-order valence-electron chi connectivity index (χ0n) is 16.2. The molecule has 0 bridgehead atoms. The number of hydrogen-bond acceptors (Lipinski definition) is 3. The molecule has 1 atom stereocenters. The molecule has 2 aromatic carbocycles. The molecule has 0 saturated carbocycles. The molecule has 2 aliphatic rings. The lowest BCUT2D eigenvalue weighted by atomic mass is 10.1. The molecule has 146 valence electrons. The van der Waals surface area contributed by atoms with Crippen LogP contribution in [0.4, 0.5) is 5.69 Å². The van der Waals surface area contributed by atoms with E-state index in [1.165, 1.54) is 15.4 Å². The maximum absolute atomic E-state index is 13.0. The highest BCUT2D eigenvalue weighted by Gasteiger charge is 2.46. The lowest BCUT2D eigenvalue weighted by molar-refractivity contribution is -1.02. The summed E-state index contributed by atoms with van der Waals surface area (Å²) in [5.41, 5.74) is 1.98. The van der Waals surface area contributed by atoms with Crippen LogP contribution in [0.5, 0.6) is 5.75 Å². The number of piperazine rings is 1. The van der Waals surface area contributed by atoms with E-state index < -0.39 is 0 Å². The maximum Gasteiger partial charge on any atom is 0.292 e. The first-order chi connectivity index (χ1) is 13.7. The summed E-state index contributed by atoms with van der Waals surface area (Å²) in [4.78, 5) is 29.7. The van der Waals surface area contributed by atoms with Gasteiger partial charge in [-0.15, -0.1) is 0 Å². The van der Waals surface area contributed by atoms with E-state index in [2.05, 4.69) is 24.3 Å². The third kappa shape index (κ3) is 3.79. The summed E-state index contributed by atoms with van der Waals surface area (Å²) in [7, 11) is 1.60. The van der Waals surface area contributed by atoms with Gasteiger partial charge in [0.25, 0.3) is 5.91 Å². The normalized spacial score (nSPS) is 25.2. The van der Waals surface area contributed by atoms with Crippen molar-refractivity contribution in [3.8, 4) is 5.75 Å². The van der Waals surface area contributed by atoms with Crippen molar-refractivity contribution in [2.24, 2.45) is 0 Å². The first kappa shape index (κ1) is 18.7. The van der Waals surface area contributed by atoms with E-state index in [4.69, 9.17) is 4.74 Å². The second kappa shape index (κ2) is 8.12. The van der Waals surface area contributed by atoms with Crippen LogP contribution in [-0.2, 0) is 16.1 Å². The Hall–Kier alpha value is -2.70. The Labute approximate surface area is 165 Å². The fraction of sp³-hybridized carbons (Fsp3) is 0.364. The molecule has 2 amide bonds. The van der Waals surface area contributed by atoms with Gasteiger partial charge in [0.2, 0.25) is 5.91 Å². The van der Waals surface area contributed by atoms with Crippen molar-refractivity contribution in [2.75, 3.05) is 38.2 Å². The molecule has 2 fully saturated rings. The van der Waals surface area contributed by atoms with E-state index in [-0.39, 0.29) is 17.9 Å². The van der Waals surface area contributed by atoms with Gasteiger partial charge in [0.1, 0.15) is 38.5 Å². The molecule has 6 nitrogen and oxygen atoms in total. The molecule has 2 aliphatic heterocycles. The molecule has 0 spiro atoms. The molecule has 4 rings (SSSR count). The lowest BCUT2D eigenvalue weighted by Crippen LogP contribution is -3.29. The van der Waals surface area contributed by atoms with Crippen LogP contribution < -0.4 is 19.4 Å². The SMILES string of the molecule is COc1ccc(N2C(=O)CC([NH+]3CC[NH+](Cc4ccccc4)CC3)C2=O)cc1. The third-order valence-electron chi connectivity index (χ3n) is 5.87. The summed E-state index contributed by atoms with van der Waals surface area (Å²) in [6.45, 7) is 4.89. The van der Waals surface area contributed by atoms with Gasteiger partial charge in [-0.1, -0.05) is 30.3 Å². The molecule has 0 aliphatic carbocycles. The topological polar surface area (TPSA) is 55.5 Å². The molecule has 6 heteroatoms. The number of quaternary nitrogens is 2. The Balaban J connectivity index is 1.37. The number of methoxy groups -OCH3 is 1. The number of carbonyl (C=O) groups excluding carboxylic acids is 2. The molecule has 2 heterocycles. The van der Waals surface area contributed by atoms with Crippen LogP contribution in [0.15, 0.2) is 54.6 Å². The second-order valence-electron chi connectivity index (χ2n) is 7.59. The molecule has 2 aromatic rings. The number of nitrogens with zero attached hydrogens (tertiary/aromatic N) is 1. The number of carbonyl (C=O) groups is 2. The van der Waals surface area contributed by atoms with Gasteiger partial charge in [0, 0.05) is 5.56 Å². The predicted molar refractivity (Wildman–Crippen MR) is 105 cm³/mol. The van der Waals surface area contributed by atoms with Crippen molar-refractivity contribution in [1.29, 1.82) is 0 Å². The lowest BCUT2D eigenvalue weighted by Gasteiger charge is -2.32. The minimum absolute atomic E-state index is 0.0725. The van der Waals surface area contributed by atoms with Crippen molar-refractivity contribution in [3.05, 3.63) is 60.2 Å². The van der Waals surface area contributed by atoms with Crippen LogP contribution >= 0.6 is 0 Å². The zero-order valence-corrected chi connectivity index (χ0v) is 16.2. The Morgan fingerprint density at radius 3 is 2.29 bits per heavy atom. The zero-order chi connectivity index (χ0) is 19.5. The minimum atomic E-state index is -0.257. The monoisotopic (exact) mass is 381 g/mol. The maximum atomic E-state index is 13.0. The first-order valence-electron chi connectivity index (χ1n) is 9.88. The van der Waals surface area contributed by atoms with Crippen LogP contribution in [0.3, 0.4) is 0 Å². The predicted octanol–water partition coefficient (Wildman–Crippen LogP) is -0.689. The van der Waals surface area contributed by atoms with E-state index in [1.54, 1.807) is 36.3 Å². The second-order valence-corrected chi connectivity index (χ2v) is 7.59. The van der Waals surface area contributed by atoms with E-state index in [0.717, 1.165) is 32.7 Å². The van der Waals surface area contributed by atoms with Crippen LogP contribution in [-0.4, -0.2) is 51.1 Å². The van der Waals surface area contributed by atoms with Gasteiger partial charge >= 0.3 is 0 Å². The molecule has 28 heavy (non-hydrogen) atoms. The summed E-state index contributed by atoms with van der Waals surface area (Å²) in [6.07, 6.45) is 0.300. The average Bonchev–Trinajstić information content (AvgIpc) is 3.03. The molecule has 2 N–H and O–H groups in total. The number of anilines is 1. The molecular weight excluding hydrogens is 354 g/mol. The van der Waals surface area contributed by atoms with Gasteiger partial charge in [-0.2, -0.15) is 0 Å². The van der Waals surface area contributed by atoms with Gasteiger partial charge in [-0.05, 0) is 24.3 Å². The molecule has 0 radical (unpaired) electrons. The number of nitrogens with one attached hydrogen (secondary N) is 2. The van der Waals surface area contributed by atoms with Gasteiger partial charge in [0.15, 0.2) is 6.04 Å². The summed E-state index contributed by atoms with van der Waals surface area (Å²) in [5.74, 6) is 0.533. The van der Waals surface area contributed by atoms with Crippen molar-refractivity contribution in [3.63, 3.8) is 0 Å². The van der Waals surface area contributed by atoms with Gasteiger partial charge in [-0.25, -0.2) is 4.90 Å². The van der Waals surface area contributed by atoms with Gasteiger partial charge in [0.05, 0.1) is 19.2 Å². The molecular formula is C22H27N3O3+2. The quantitative estimate of drug-likeness (QED) is 0.675. The highest BCUT2D eigenvalue weighted by Crippen LogP contribution is 2.24. The van der Waals surface area contributed by atoms with Crippen molar-refractivity contribution in [1.82, 2.24) is 0 Å². The molecule has 1 unspecified atom stereocenters. The van der Waals surface area contributed by atoms with E-state index >= 15 is 0 Å². The van der Waals surface area contributed by atoms with Crippen molar-refractivity contribution in [2.45, 2.75) is 19.0 Å². The number of benzene rings is 2. The van der Waals surface area contributed by atoms with Gasteiger partial charge in [-0.3, -0.25) is 9.59 Å². The Kier molecular flexibility index (Phi) is 5.41. The number of rotatable bonds is 5. The summed E-state index contributed by atoms with van der Waals surface area (Å²) >= 11 is 0. The average molecular weight is 381 g/mol. The minimum Gasteiger partial charge on any atom is -0.497 e. The Morgan fingerprint density at radius 1 is 0.964 bits per heavy atom. The summed E-state index contributed by atoms with van der Waals surface area (Å²) < 4.78 is 5.16. The number of imide groups is 1. The highest BCUT2D eigenvalue weighted by atomic mass is 16.5.